The van der Waals surface area contributed by atoms with Gasteiger partial charge in [0.2, 0.25) is 5.91 Å². The Morgan fingerprint density at radius 3 is 2.89 bits per heavy atom. The molecule has 2 rings (SSSR count). The summed E-state index contributed by atoms with van der Waals surface area (Å²) in [4.78, 5) is 10.9. The molecule has 0 aliphatic carbocycles. The highest BCUT2D eigenvalue weighted by Gasteiger charge is 2.04. The molecule has 0 unspecified atom stereocenters. The van der Waals surface area contributed by atoms with E-state index < -0.39 is 0 Å². The Morgan fingerprint density at radius 1 is 1.39 bits per heavy atom. The van der Waals surface area contributed by atoms with Crippen molar-refractivity contribution < 1.29 is 13.6 Å². The number of carbonyl (C=O) groups is 1. The molecule has 1 aromatic heterocycles. The summed E-state index contributed by atoms with van der Waals surface area (Å²) in [5, 5.41) is 5.54. The van der Waals surface area contributed by atoms with E-state index in [0.717, 1.165) is 5.56 Å². The van der Waals surface area contributed by atoms with Gasteiger partial charge in [0, 0.05) is 24.7 Å². The lowest BCUT2D eigenvalue weighted by atomic mass is 10.2. The summed E-state index contributed by atoms with van der Waals surface area (Å²) in [6.07, 6.45) is 3.14. The van der Waals surface area contributed by atoms with E-state index >= 15 is 0 Å². The summed E-state index contributed by atoms with van der Waals surface area (Å²) in [6.45, 7) is 1.86. The second kappa shape index (κ2) is 5.35. The second-order valence-electron chi connectivity index (χ2n) is 3.86. The molecule has 4 nitrogen and oxygen atoms in total. The number of amides is 1. The van der Waals surface area contributed by atoms with Crippen molar-refractivity contribution >= 4 is 17.3 Å². The number of hydrogen-bond donors (Lipinski definition) is 2. The summed E-state index contributed by atoms with van der Waals surface area (Å²) in [5.74, 6) is -0.560. The third-order valence-electron chi connectivity index (χ3n) is 2.35. The average molecular weight is 248 g/mol. The molecule has 0 saturated carbocycles. The van der Waals surface area contributed by atoms with E-state index in [9.17, 15) is 9.18 Å². The van der Waals surface area contributed by atoms with Crippen LogP contribution in [0.5, 0.6) is 0 Å². The number of anilines is 2. The van der Waals surface area contributed by atoms with Crippen molar-refractivity contribution in [2.75, 3.05) is 10.6 Å². The van der Waals surface area contributed by atoms with Crippen LogP contribution in [-0.2, 0) is 11.3 Å². The van der Waals surface area contributed by atoms with Gasteiger partial charge in [-0.05, 0) is 24.3 Å². The van der Waals surface area contributed by atoms with Crippen molar-refractivity contribution in [3.8, 4) is 0 Å². The maximum atomic E-state index is 13.5. The number of rotatable bonds is 4. The van der Waals surface area contributed by atoms with Crippen molar-refractivity contribution in [1.82, 2.24) is 0 Å². The van der Waals surface area contributed by atoms with E-state index in [4.69, 9.17) is 4.42 Å². The minimum absolute atomic E-state index is 0.192. The molecule has 1 amide bonds. The predicted octanol–water partition coefficient (Wildman–Crippen LogP) is 2.99. The SMILES string of the molecule is CC(=O)Nc1ccc(F)c(NCc2ccoc2)c1. The van der Waals surface area contributed by atoms with Gasteiger partial charge < -0.3 is 15.1 Å². The van der Waals surface area contributed by atoms with Gasteiger partial charge in [0.05, 0.1) is 18.2 Å². The van der Waals surface area contributed by atoms with Crippen LogP contribution < -0.4 is 10.6 Å². The molecule has 0 fully saturated rings. The molecule has 0 spiro atoms. The summed E-state index contributed by atoms with van der Waals surface area (Å²) in [6, 6.07) is 6.17. The van der Waals surface area contributed by atoms with Gasteiger partial charge in [-0.25, -0.2) is 4.39 Å². The molecule has 18 heavy (non-hydrogen) atoms. The molecule has 1 heterocycles. The van der Waals surface area contributed by atoms with Gasteiger partial charge >= 0.3 is 0 Å². The molecular weight excluding hydrogens is 235 g/mol. The molecule has 0 radical (unpaired) electrons. The van der Waals surface area contributed by atoms with Crippen LogP contribution in [0.3, 0.4) is 0 Å². The van der Waals surface area contributed by atoms with Crippen LogP contribution in [0.25, 0.3) is 0 Å². The molecular formula is C13H13FN2O2. The molecule has 1 aromatic carbocycles. The van der Waals surface area contributed by atoms with E-state index in [-0.39, 0.29) is 11.7 Å². The van der Waals surface area contributed by atoms with Crippen molar-refractivity contribution in [1.29, 1.82) is 0 Å². The number of hydrogen-bond acceptors (Lipinski definition) is 3. The van der Waals surface area contributed by atoms with Crippen LogP contribution in [0.4, 0.5) is 15.8 Å². The standard InChI is InChI=1S/C13H13FN2O2/c1-9(17)16-11-2-3-12(14)13(6-11)15-7-10-4-5-18-8-10/h2-6,8,15H,7H2,1H3,(H,16,17). The van der Waals surface area contributed by atoms with Crippen LogP contribution >= 0.6 is 0 Å². The van der Waals surface area contributed by atoms with Gasteiger partial charge in [-0.2, -0.15) is 0 Å². The summed E-state index contributed by atoms with van der Waals surface area (Å²) in [7, 11) is 0. The Hall–Kier alpha value is -2.30. The molecule has 0 saturated heterocycles. The fraction of sp³-hybridized carbons (Fsp3) is 0.154. The van der Waals surface area contributed by atoms with Gasteiger partial charge in [-0.1, -0.05) is 0 Å². The lowest BCUT2D eigenvalue weighted by Crippen LogP contribution is -2.07. The zero-order valence-electron chi connectivity index (χ0n) is 9.87. The highest BCUT2D eigenvalue weighted by Crippen LogP contribution is 2.20. The third kappa shape index (κ3) is 3.10. The predicted molar refractivity (Wildman–Crippen MR) is 66.7 cm³/mol. The molecule has 0 aliphatic rings. The summed E-state index contributed by atoms with van der Waals surface area (Å²) in [5.41, 5.74) is 1.81. The molecule has 2 aromatic rings. The topological polar surface area (TPSA) is 54.3 Å². The molecule has 5 heteroatoms. The van der Waals surface area contributed by atoms with Crippen LogP contribution in [-0.4, -0.2) is 5.91 Å². The largest absolute Gasteiger partial charge is 0.472 e. The average Bonchev–Trinajstić information content (AvgIpc) is 2.82. The van der Waals surface area contributed by atoms with Crippen LogP contribution in [0.2, 0.25) is 0 Å². The van der Waals surface area contributed by atoms with E-state index in [1.165, 1.54) is 19.1 Å². The number of benzene rings is 1. The van der Waals surface area contributed by atoms with Gasteiger partial charge in [0.25, 0.3) is 0 Å². The maximum Gasteiger partial charge on any atom is 0.221 e. The zero-order chi connectivity index (χ0) is 13.0. The lowest BCUT2D eigenvalue weighted by Gasteiger charge is -2.09. The third-order valence-corrected chi connectivity index (χ3v) is 2.35. The zero-order valence-corrected chi connectivity index (χ0v) is 9.87. The van der Waals surface area contributed by atoms with E-state index in [1.807, 2.05) is 0 Å². The number of nitrogens with one attached hydrogen (secondary N) is 2. The first-order valence-corrected chi connectivity index (χ1v) is 5.47. The molecule has 94 valence electrons. The molecule has 0 aliphatic heterocycles. The van der Waals surface area contributed by atoms with Crippen LogP contribution in [0, 0.1) is 5.82 Å². The van der Waals surface area contributed by atoms with Crippen LogP contribution in [0.15, 0.2) is 41.2 Å². The first-order valence-electron chi connectivity index (χ1n) is 5.47. The second-order valence-corrected chi connectivity index (χ2v) is 3.86. The van der Waals surface area contributed by atoms with E-state index in [1.54, 1.807) is 24.7 Å². The Balaban J connectivity index is 2.08. The van der Waals surface area contributed by atoms with Gasteiger partial charge in [-0.15, -0.1) is 0 Å². The van der Waals surface area contributed by atoms with E-state index in [2.05, 4.69) is 10.6 Å². The minimum Gasteiger partial charge on any atom is -0.472 e. The van der Waals surface area contributed by atoms with Crippen molar-refractivity contribution in [3.63, 3.8) is 0 Å². The normalized spacial score (nSPS) is 10.1. The number of furan rings is 1. The highest BCUT2D eigenvalue weighted by molar-refractivity contribution is 5.89. The molecule has 2 N–H and O–H groups in total. The highest BCUT2D eigenvalue weighted by atomic mass is 19.1. The maximum absolute atomic E-state index is 13.5. The number of carbonyl (C=O) groups excluding carboxylic acids is 1. The first-order chi connectivity index (χ1) is 8.65. The molecule has 0 bridgehead atoms. The monoisotopic (exact) mass is 248 g/mol. The van der Waals surface area contributed by atoms with Gasteiger partial charge in [0.1, 0.15) is 5.82 Å². The lowest BCUT2D eigenvalue weighted by molar-refractivity contribution is -0.114. The van der Waals surface area contributed by atoms with Gasteiger partial charge in [-0.3, -0.25) is 4.79 Å². The Labute approximate surface area is 104 Å². The van der Waals surface area contributed by atoms with E-state index in [0.29, 0.717) is 17.9 Å². The van der Waals surface area contributed by atoms with Crippen LogP contribution in [0.1, 0.15) is 12.5 Å². The fourth-order valence-electron chi connectivity index (χ4n) is 1.53. The summed E-state index contributed by atoms with van der Waals surface area (Å²) >= 11 is 0. The Morgan fingerprint density at radius 2 is 2.22 bits per heavy atom. The fourth-order valence-corrected chi connectivity index (χ4v) is 1.53. The minimum atomic E-state index is -0.368. The first kappa shape index (κ1) is 12.2. The van der Waals surface area contributed by atoms with Crippen molar-refractivity contribution in [2.24, 2.45) is 0 Å². The summed E-state index contributed by atoms with van der Waals surface area (Å²) < 4.78 is 18.5. The molecule has 0 atom stereocenters. The van der Waals surface area contributed by atoms with Gasteiger partial charge in [0.15, 0.2) is 0 Å². The quantitative estimate of drug-likeness (QED) is 0.874. The Kier molecular flexibility index (Phi) is 3.62. The number of halogens is 1. The van der Waals surface area contributed by atoms with Crippen molar-refractivity contribution in [3.05, 3.63) is 48.2 Å². The van der Waals surface area contributed by atoms with Crippen molar-refractivity contribution in [2.45, 2.75) is 13.5 Å². The Bertz CT molecular complexity index is 538. The smallest absolute Gasteiger partial charge is 0.221 e.